The van der Waals surface area contributed by atoms with E-state index in [-0.39, 0.29) is 0 Å². The Morgan fingerprint density at radius 1 is 1.42 bits per heavy atom. The van der Waals surface area contributed by atoms with E-state index in [0.29, 0.717) is 38.0 Å². The Bertz CT molecular complexity index is 374. The van der Waals surface area contributed by atoms with Gasteiger partial charge < -0.3 is 19.9 Å². The van der Waals surface area contributed by atoms with Crippen molar-refractivity contribution in [3.8, 4) is 5.88 Å². The summed E-state index contributed by atoms with van der Waals surface area (Å²) >= 11 is 0. The summed E-state index contributed by atoms with van der Waals surface area (Å²) in [5.74, 6) is 1.10. The van der Waals surface area contributed by atoms with Gasteiger partial charge in [0.1, 0.15) is 0 Å². The average molecular weight is 269 g/mol. The number of aromatic nitrogens is 2. The monoisotopic (exact) mass is 269 g/mol. The summed E-state index contributed by atoms with van der Waals surface area (Å²) in [4.78, 5) is 8.53. The third-order valence-electron chi connectivity index (χ3n) is 2.40. The minimum absolute atomic E-state index is 0.335. The minimum atomic E-state index is -0.474. The third kappa shape index (κ3) is 6.35. The third-order valence-corrected chi connectivity index (χ3v) is 2.40. The molecule has 2 N–H and O–H groups in total. The second kappa shape index (κ2) is 8.66. The average Bonchev–Trinajstić information content (AvgIpc) is 2.36. The lowest BCUT2D eigenvalue weighted by Crippen LogP contribution is -2.19. The Kier molecular flexibility index (Phi) is 7.14. The molecule has 0 aromatic carbocycles. The number of aliphatic hydroxyl groups excluding tert-OH is 1. The molecule has 1 aromatic heterocycles. The highest BCUT2D eigenvalue weighted by Gasteiger charge is 2.05. The molecule has 0 saturated carbocycles. The van der Waals surface area contributed by atoms with E-state index in [1.807, 2.05) is 13.8 Å². The molecule has 0 spiro atoms. The molecule has 0 bridgehead atoms. The normalized spacial score (nSPS) is 12.2. The Morgan fingerprint density at radius 3 is 2.89 bits per heavy atom. The van der Waals surface area contributed by atoms with Crippen molar-refractivity contribution >= 4 is 5.95 Å². The fraction of sp³-hybridized carbons (Fsp3) is 0.692. The summed E-state index contributed by atoms with van der Waals surface area (Å²) in [6, 6.07) is 1.81. The topological polar surface area (TPSA) is 76.5 Å². The summed E-state index contributed by atoms with van der Waals surface area (Å²) in [5.41, 5.74) is 0.848. The van der Waals surface area contributed by atoms with E-state index in [1.165, 1.54) is 0 Å². The smallest absolute Gasteiger partial charge is 0.226 e. The standard InChI is InChI=1S/C13H23N3O3/c1-4-7-19-12-8-10(2)15-13(16-12)14-6-5-11(17)9-18-3/h8,11,17H,4-7,9H2,1-3H3,(H,14,15,16). The number of rotatable bonds is 9. The van der Waals surface area contributed by atoms with Crippen LogP contribution in [0.3, 0.4) is 0 Å². The zero-order valence-corrected chi connectivity index (χ0v) is 11.8. The molecule has 1 heterocycles. The number of hydrogen-bond donors (Lipinski definition) is 2. The van der Waals surface area contributed by atoms with Crippen molar-refractivity contribution in [1.29, 1.82) is 0 Å². The van der Waals surface area contributed by atoms with E-state index >= 15 is 0 Å². The first-order valence-corrected chi connectivity index (χ1v) is 6.55. The zero-order valence-electron chi connectivity index (χ0n) is 11.8. The van der Waals surface area contributed by atoms with Crippen molar-refractivity contribution in [2.45, 2.75) is 32.8 Å². The summed E-state index contributed by atoms with van der Waals surface area (Å²) in [6.07, 6.45) is 1.05. The number of methoxy groups -OCH3 is 1. The quantitative estimate of drug-likeness (QED) is 0.705. The van der Waals surface area contributed by atoms with Gasteiger partial charge in [-0.1, -0.05) is 6.92 Å². The molecule has 1 rings (SSSR count). The van der Waals surface area contributed by atoms with Gasteiger partial charge in [0.15, 0.2) is 0 Å². The summed E-state index contributed by atoms with van der Waals surface area (Å²) in [6.45, 7) is 5.50. The Balaban J connectivity index is 2.46. The van der Waals surface area contributed by atoms with E-state index in [2.05, 4.69) is 15.3 Å². The molecule has 0 saturated heterocycles. The Labute approximate surface area is 114 Å². The van der Waals surface area contributed by atoms with Gasteiger partial charge in [0.05, 0.1) is 19.3 Å². The summed E-state index contributed by atoms with van der Waals surface area (Å²) in [5, 5.41) is 12.6. The molecule has 19 heavy (non-hydrogen) atoms. The zero-order chi connectivity index (χ0) is 14.1. The van der Waals surface area contributed by atoms with Gasteiger partial charge in [-0.05, 0) is 19.8 Å². The number of ether oxygens (including phenoxy) is 2. The molecule has 108 valence electrons. The molecule has 1 atom stereocenters. The van der Waals surface area contributed by atoms with Gasteiger partial charge in [0, 0.05) is 25.4 Å². The van der Waals surface area contributed by atoms with Crippen LogP contribution in [0.15, 0.2) is 6.07 Å². The van der Waals surface area contributed by atoms with E-state index in [4.69, 9.17) is 9.47 Å². The van der Waals surface area contributed by atoms with Gasteiger partial charge in [0.2, 0.25) is 11.8 Å². The Hall–Kier alpha value is -1.40. The second-order valence-electron chi connectivity index (χ2n) is 4.34. The van der Waals surface area contributed by atoms with Crippen LogP contribution < -0.4 is 10.1 Å². The van der Waals surface area contributed by atoms with Crippen molar-refractivity contribution in [2.75, 3.05) is 32.2 Å². The molecule has 0 aliphatic rings. The minimum Gasteiger partial charge on any atom is -0.478 e. The molecule has 0 radical (unpaired) electrons. The summed E-state index contributed by atoms with van der Waals surface area (Å²) < 4.78 is 10.3. The maximum Gasteiger partial charge on any atom is 0.226 e. The lowest BCUT2D eigenvalue weighted by Gasteiger charge is -2.11. The highest BCUT2D eigenvalue weighted by atomic mass is 16.5. The molecule has 0 aliphatic heterocycles. The van der Waals surface area contributed by atoms with Gasteiger partial charge in [-0.2, -0.15) is 4.98 Å². The molecule has 0 amide bonds. The first kappa shape index (κ1) is 15.7. The predicted octanol–water partition coefficient (Wildman–Crippen LogP) is 1.38. The molecule has 1 aromatic rings. The van der Waals surface area contributed by atoms with Crippen LogP contribution in [0, 0.1) is 6.92 Å². The van der Waals surface area contributed by atoms with E-state index in [9.17, 15) is 5.11 Å². The SMILES string of the molecule is CCCOc1cc(C)nc(NCCC(O)COC)n1. The Morgan fingerprint density at radius 2 is 2.21 bits per heavy atom. The number of nitrogens with one attached hydrogen (secondary N) is 1. The molecule has 1 unspecified atom stereocenters. The van der Waals surface area contributed by atoms with Gasteiger partial charge in [-0.3, -0.25) is 0 Å². The van der Waals surface area contributed by atoms with Crippen LogP contribution in [0.4, 0.5) is 5.95 Å². The number of aliphatic hydroxyl groups is 1. The number of hydrogen-bond acceptors (Lipinski definition) is 6. The highest BCUT2D eigenvalue weighted by molar-refractivity contribution is 5.30. The van der Waals surface area contributed by atoms with Gasteiger partial charge in [-0.25, -0.2) is 4.98 Å². The molecule has 0 fully saturated rings. The first-order chi connectivity index (χ1) is 9.15. The first-order valence-electron chi connectivity index (χ1n) is 6.55. The van der Waals surface area contributed by atoms with Crippen molar-refractivity contribution < 1.29 is 14.6 Å². The second-order valence-corrected chi connectivity index (χ2v) is 4.34. The van der Waals surface area contributed by atoms with Crippen LogP contribution in [-0.2, 0) is 4.74 Å². The maximum atomic E-state index is 9.52. The van der Waals surface area contributed by atoms with Gasteiger partial charge in [0.25, 0.3) is 0 Å². The van der Waals surface area contributed by atoms with Crippen LogP contribution in [0.2, 0.25) is 0 Å². The molecule has 0 aliphatic carbocycles. The van der Waals surface area contributed by atoms with Crippen LogP contribution in [0.5, 0.6) is 5.88 Å². The van der Waals surface area contributed by atoms with Crippen LogP contribution in [0.25, 0.3) is 0 Å². The number of nitrogens with zero attached hydrogens (tertiary/aromatic N) is 2. The largest absolute Gasteiger partial charge is 0.478 e. The van der Waals surface area contributed by atoms with Crippen molar-refractivity contribution in [3.63, 3.8) is 0 Å². The molecular weight excluding hydrogens is 246 g/mol. The lowest BCUT2D eigenvalue weighted by molar-refractivity contribution is 0.0615. The summed E-state index contributed by atoms with van der Waals surface area (Å²) in [7, 11) is 1.57. The predicted molar refractivity (Wildman–Crippen MR) is 73.5 cm³/mol. The highest BCUT2D eigenvalue weighted by Crippen LogP contribution is 2.12. The lowest BCUT2D eigenvalue weighted by atomic mass is 10.3. The van der Waals surface area contributed by atoms with E-state index < -0.39 is 6.10 Å². The number of anilines is 1. The van der Waals surface area contributed by atoms with Crippen molar-refractivity contribution in [2.24, 2.45) is 0 Å². The molecule has 6 heteroatoms. The van der Waals surface area contributed by atoms with Crippen LogP contribution >= 0.6 is 0 Å². The molecular formula is C13H23N3O3. The van der Waals surface area contributed by atoms with Gasteiger partial charge in [-0.15, -0.1) is 0 Å². The van der Waals surface area contributed by atoms with E-state index in [0.717, 1.165) is 12.1 Å². The van der Waals surface area contributed by atoms with E-state index in [1.54, 1.807) is 13.2 Å². The fourth-order valence-electron chi connectivity index (χ4n) is 1.53. The van der Waals surface area contributed by atoms with Crippen molar-refractivity contribution in [3.05, 3.63) is 11.8 Å². The fourth-order valence-corrected chi connectivity index (χ4v) is 1.53. The van der Waals surface area contributed by atoms with Gasteiger partial charge >= 0.3 is 0 Å². The molecule has 6 nitrogen and oxygen atoms in total. The van der Waals surface area contributed by atoms with Crippen molar-refractivity contribution in [1.82, 2.24) is 9.97 Å². The maximum absolute atomic E-state index is 9.52. The van der Waals surface area contributed by atoms with Crippen LogP contribution in [0.1, 0.15) is 25.5 Å². The van der Waals surface area contributed by atoms with Crippen LogP contribution in [-0.4, -0.2) is 48.0 Å². The number of aryl methyl sites for hydroxylation is 1.